The third-order valence-electron chi connectivity index (χ3n) is 14.8. The fourth-order valence-electron chi connectivity index (χ4n) is 9.99. The lowest BCUT2D eigenvalue weighted by molar-refractivity contribution is -0.143. The van der Waals surface area contributed by atoms with Crippen LogP contribution in [0.25, 0.3) is 0 Å². The lowest BCUT2D eigenvalue weighted by Gasteiger charge is -2.22. The molecule has 3 N–H and O–H groups in total. The van der Waals surface area contributed by atoms with Gasteiger partial charge in [0.1, 0.15) is 0 Å². The predicted molar refractivity (Wildman–Crippen MR) is 301 cm³/mol. The maximum absolute atomic E-state index is 12.5. The zero-order valence-electron chi connectivity index (χ0n) is 46.8. The Labute approximate surface area is 431 Å². The van der Waals surface area contributed by atoms with Crippen molar-refractivity contribution in [2.45, 2.75) is 366 Å². The number of aliphatic hydroxyl groups excluding tert-OH is 2. The molecule has 6 nitrogen and oxygen atoms in total. The highest BCUT2D eigenvalue weighted by Gasteiger charge is 2.20. The molecule has 2 atom stereocenters. The van der Waals surface area contributed by atoms with E-state index in [0.29, 0.717) is 25.9 Å². The third kappa shape index (κ3) is 55.8. The average molecular weight is 975 g/mol. The standard InChI is InChI=1S/C63H123NO5/c1-3-5-7-9-11-13-15-16-17-18-26-29-32-36-39-43-47-51-55-61(66)60(59-65)64-62(67)56-52-48-44-40-37-33-30-27-24-22-20-19-21-23-25-28-31-34-38-42-46-50-54-58-69-63(68)57-53-49-45-41-35-14-12-10-8-6-4-2/h22,24,60-61,65-66H,3-21,23,25-59H2,1-2H3,(H,64,67)/b24-22-. The number of carbonyl (C=O) groups excluding carboxylic acids is 2. The van der Waals surface area contributed by atoms with Crippen molar-refractivity contribution in [1.29, 1.82) is 0 Å². The molecule has 0 radical (unpaired) electrons. The largest absolute Gasteiger partial charge is 0.466 e. The summed E-state index contributed by atoms with van der Waals surface area (Å²) in [7, 11) is 0. The van der Waals surface area contributed by atoms with Crippen LogP contribution in [0, 0.1) is 0 Å². The maximum atomic E-state index is 12.5. The van der Waals surface area contributed by atoms with E-state index in [9.17, 15) is 19.8 Å². The van der Waals surface area contributed by atoms with Crippen LogP contribution >= 0.6 is 0 Å². The third-order valence-corrected chi connectivity index (χ3v) is 14.8. The van der Waals surface area contributed by atoms with Crippen molar-refractivity contribution in [3.05, 3.63) is 12.2 Å². The van der Waals surface area contributed by atoms with E-state index in [2.05, 4.69) is 31.3 Å². The van der Waals surface area contributed by atoms with Crippen LogP contribution in [0.5, 0.6) is 0 Å². The number of rotatable bonds is 59. The molecular weight excluding hydrogens is 851 g/mol. The maximum Gasteiger partial charge on any atom is 0.305 e. The SMILES string of the molecule is CCCCCCCCCCCCCCCCCCCCC(O)C(CO)NC(=O)CCCCCCCCC/C=C\CCCCCCCCCCCCCCOC(=O)CCCCCCCCCCCCC. The molecule has 410 valence electrons. The molecule has 0 spiro atoms. The summed E-state index contributed by atoms with van der Waals surface area (Å²) < 4.78 is 5.47. The van der Waals surface area contributed by atoms with Crippen molar-refractivity contribution in [1.82, 2.24) is 5.32 Å². The Morgan fingerprint density at radius 3 is 1.03 bits per heavy atom. The molecule has 0 aliphatic carbocycles. The van der Waals surface area contributed by atoms with Crippen LogP contribution in [-0.2, 0) is 14.3 Å². The molecular formula is C63H123NO5. The molecule has 0 aliphatic rings. The minimum Gasteiger partial charge on any atom is -0.466 e. The summed E-state index contributed by atoms with van der Waals surface area (Å²) in [4.78, 5) is 24.5. The summed E-state index contributed by atoms with van der Waals surface area (Å²) in [6.07, 6.45) is 70.8. The molecule has 0 aromatic carbocycles. The van der Waals surface area contributed by atoms with Gasteiger partial charge in [-0.2, -0.15) is 0 Å². The van der Waals surface area contributed by atoms with Gasteiger partial charge in [0, 0.05) is 12.8 Å². The first-order valence-corrected chi connectivity index (χ1v) is 31.4. The van der Waals surface area contributed by atoms with E-state index in [1.807, 2.05) is 0 Å². The normalized spacial score (nSPS) is 12.6. The van der Waals surface area contributed by atoms with Crippen molar-refractivity contribution in [2.75, 3.05) is 13.2 Å². The number of carbonyl (C=O) groups is 2. The fraction of sp³-hybridized carbons (Fsp3) is 0.937. The Hall–Kier alpha value is -1.40. The summed E-state index contributed by atoms with van der Waals surface area (Å²) >= 11 is 0. The van der Waals surface area contributed by atoms with Gasteiger partial charge in [-0.25, -0.2) is 0 Å². The Bertz CT molecular complexity index is 1030. The molecule has 0 rings (SSSR count). The Morgan fingerprint density at radius 1 is 0.391 bits per heavy atom. The minimum absolute atomic E-state index is 0.0119. The van der Waals surface area contributed by atoms with E-state index in [-0.39, 0.29) is 18.5 Å². The Balaban J connectivity index is 3.41. The van der Waals surface area contributed by atoms with E-state index in [1.165, 1.54) is 283 Å². The summed E-state index contributed by atoms with van der Waals surface area (Å²) in [6.45, 7) is 4.97. The molecule has 0 aromatic heterocycles. The number of amides is 1. The lowest BCUT2D eigenvalue weighted by Crippen LogP contribution is -2.45. The van der Waals surface area contributed by atoms with E-state index >= 15 is 0 Å². The van der Waals surface area contributed by atoms with E-state index < -0.39 is 12.1 Å². The van der Waals surface area contributed by atoms with Crippen molar-refractivity contribution in [3.63, 3.8) is 0 Å². The molecule has 0 aromatic rings. The highest BCUT2D eigenvalue weighted by Crippen LogP contribution is 2.18. The van der Waals surface area contributed by atoms with Gasteiger partial charge < -0.3 is 20.3 Å². The van der Waals surface area contributed by atoms with Crippen LogP contribution in [0.2, 0.25) is 0 Å². The van der Waals surface area contributed by atoms with Gasteiger partial charge in [-0.15, -0.1) is 0 Å². The lowest BCUT2D eigenvalue weighted by atomic mass is 10.0. The highest BCUT2D eigenvalue weighted by atomic mass is 16.5. The fourth-order valence-corrected chi connectivity index (χ4v) is 9.99. The van der Waals surface area contributed by atoms with Gasteiger partial charge in [-0.1, -0.05) is 302 Å². The number of esters is 1. The second-order valence-corrected chi connectivity index (χ2v) is 21.7. The first kappa shape index (κ1) is 67.6. The average Bonchev–Trinajstić information content (AvgIpc) is 3.35. The second kappa shape index (κ2) is 59.2. The number of aliphatic hydroxyl groups is 2. The molecule has 0 saturated carbocycles. The zero-order chi connectivity index (χ0) is 50.0. The van der Waals surface area contributed by atoms with Gasteiger partial charge in [-0.05, 0) is 51.4 Å². The van der Waals surface area contributed by atoms with Gasteiger partial charge in [0.2, 0.25) is 5.91 Å². The van der Waals surface area contributed by atoms with Crippen LogP contribution in [0.3, 0.4) is 0 Å². The summed E-state index contributed by atoms with van der Waals surface area (Å²) in [5.41, 5.74) is 0. The molecule has 0 bridgehead atoms. The number of ether oxygens (including phenoxy) is 1. The smallest absolute Gasteiger partial charge is 0.305 e. The predicted octanol–water partition coefficient (Wildman–Crippen LogP) is 19.6. The van der Waals surface area contributed by atoms with Gasteiger partial charge >= 0.3 is 5.97 Å². The molecule has 0 heterocycles. The van der Waals surface area contributed by atoms with Crippen LogP contribution in [0.15, 0.2) is 12.2 Å². The molecule has 6 heteroatoms. The second-order valence-electron chi connectivity index (χ2n) is 21.7. The molecule has 2 unspecified atom stereocenters. The van der Waals surface area contributed by atoms with Crippen molar-refractivity contribution >= 4 is 11.9 Å². The highest BCUT2D eigenvalue weighted by molar-refractivity contribution is 5.76. The number of nitrogens with one attached hydrogen (secondary N) is 1. The molecule has 69 heavy (non-hydrogen) atoms. The number of hydrogen-bond acceptors (Lipinski definition) is 5. The summed E-state index contributed by atoms with van der Waals surface area (Å²) in [5.74, 6) is -0.0260. The Morgan fingerprint density at radius 2 is 0.681 bits per heavy atom. The van der Waals surface area contributed by atoms with E-state index in [4.69, 9.17) is 4.74 Å². The van der Waals surface area contributed by atoms with Crippen molar-refractivity contribution < 1.29 is 24.5 Å². The molecule has 0 fully saturated rings. The quantitative estimate of drug-likeness (QED) is 0.0321. The van der Waals surface area contributed by atoms with E-state index in [0.717, 1.165) is 38.5 Å². The van der Waals surface area contributed by atoms with Gasteiger partial charge in [-0.3, -0.25) is 9.59 Å². The van der Waals surface area contributed by atoms with Crippen molar-refractivity contribution in [3.8, 4) is 0 Å². The van der Waals surface area contributed by atoms with E-state index in [1.54, 1.807) is 0 Å². The molecule has 0 saturated heterocycles. The van der Waals surface area contributed by atoms with Crippen molar-refractivity contribution in [2.24, 2.45) is 0 Å². The van der Waals surface area contributed by atoms with Crippen LogP contribution in [-0.4, -0.2) is 47.4 Å². The van der Waals surface area contributed by atoms with Gasteiger partial charge in [0.25, 0.3) is 0 Å². The first-order chi connectivity index (χ1) is 34.0. The van der Waals surface area contributed by atoms with Gasteiger partial charge in [0.15, 0.2) is 0 Å². The number of hydrogen-bond donors (Lipinski definition) is 3. The van der Waals surface area contributed by atoms with Gasteiger partial charge in [0.05, 0.1) is 25.4 Å². The summed E-state index contributed by atoms with van der Waals surface area (Å²) in [6, 6.07) is -0.545. The first-order valence-electron chi connectivity index (χ1n) is 31.4. The monoisotopic (exact) mass is 974 g/mol. The van der Waals surface area contributed by atoms with Crippen LogP contribution < -0.4 is 5.32 Å². The molecule has 1 amide bonds. The minimum atomic E-state index is -0.668. The molecule has 0 aliphatic heterocycles. The number of unbranched alkanes of at least 4 members (excludes halogenated alkanes) is 46. The Kier molecular flexibility index (Phi) is 58.0. The van der Waals surface area contributed by atoms with Crippen LogP contribution in [0.1, 0.15) is 354 Å². The topological polar surface area (TPSA) is 95.9 Å². The number of allylic oxidation sites excluding steroid dienone is 2. The van der Waals surface area contributed by atoms with Crippen LogP contribution in [0.4, 0.5) is 0 Å². The zero-order valence-corrected chi connectivity index (χ0v) is 46.8. The summed E-state index contributed by atoms with van der Waals surface area (Å²) in [5, 5.41) is 23.3.